The summed E-state index contributed by atoms with van der Waals surface area (Å²) in [6, 6.07) is 13.9. The number of carbonyl (C=O) groups is 2. The molecule has 0 radical (unpaired) electrons. The minimum absolute atomic E-state index is 0.0460. The van der Waals surface area contributed by atoms with E-state index < -0.39 is 23.4 Å². The monoisotopic (exact) mass is 531 g/mol. The van der Waals surface area contributed by atoms with E-state index in [1.54, 1.807) is 17.5 Å². The Kier molecular flexibility index (Phi) is 7.12. The number of rotatable bonds is 7. The van der Waals surface area contributed by atoms with Crippen LogP contribution in [-0.4, -0.2) is 50.9 Å². The van der Waals surface area contributed by atoms with E-state index in [1.165, 1.54) is 23.5 Å². The topological polar surface area (TPSA) is 128 Å². The number of hydrogen-bond acceptors (Lipinski definition) is 9. The van der Waals surface area contributed by atoms with Crippen molar-refractivity contribution in [3.63, 3.8) is 0 Å². The molecule has 1 aliphatic heterocycles. The molecule has 11 heteroatoms. The number of carbonyl (C=O) groups excluding carboxylic acids is 2. The quantitative estimate of drug-likeness (QED) is 0.204. The van der Waals surface area contributed by atoms with Crippen LogP contribution in [0, 0.1) is 10.1 Å². The second-order valence-corrected chi connectivity index (χ2v) is 10.1. The normalized spacial score (nSPS) is 13.3. The minimum Gasteiger partial charge on any atom is -0.452 e. The molecule has 0 fully saturated rings. The molecule has 1 N–H and O–H groups in total. The van der Waals surface area contributed by atoms with Crippen LogP contribution in [-0.2, 0) is 22.5 Å². The molecule has 4 aromatic rings. The largest absolute Gasteiger partial charge is 0.452 e. The van der Waals surface area contributed by atoms with E-state index in [0.29, 0.717) is 39.9 Å². The molecule has 2 aromatic carbocycles. The van der Waals surface area contributed by atoms with Gasteiger partial charge in [0.05, 0.1) is 21.7 Å². The summed E-state index contributed by atoms with van der Waals surface area (Å²) in [7, 11) is 0. The average Bonchev–Trinajstić information content (AvgIpc) is 3.38. The number of ether oxygens (including phenoxy) is 1. The maximum atomic E-state index is 13.3. The number of nitrogens with one attached hydrogen (secondary N) is 1. The fraction of sp³-hybridized carbons (Fsp3) is 0.259. The van der Waals surface area contributed by atoms with Crippen molar-refractivity contribution in [3.05, 3.63) is 80.8 Å². The first kappa shape index (κ1) is 25.4. The van der Waals surface area contributed by atoms with Crippen LogP contribution < -0.4 is 5.32 Å². The van der Waals surface area contributed by atoms with Gasteiger partial charge < -0.3 is 4.74 Å². The summed E-state index contributed by atoms with van der Waals surface area (Å²) in [4.78, 5) is 47.9. The van der Waals surface area contributed by atoms with E-state index in [2.05, 4.69) is 29.0 Å². The third-order valence-corrected chi connectivity index (χ3v) is 7.21. The molecule has 38 heavy (non-hydrogen) atoms. The molecule has 0 saturated heterocycles. The van der Waals surface area contributed by atoms with Gasteiger partial charge in [-0.15, -0.1) is 11.3 Å². The molecule has 2 aromatic heterocycles. The summed E-state index contributed by atoms with van der Waals surface area (Å²) in [5, 5.41) is 16.4. The van der Waals surface area contributed by atoms with Crippen LogP contribution >= 0.6 is 11.3 Å². The van der Waals surface area contributed by atoms with E-state index in [0.717, 1.165) is 29.7 Å². The lowest BCUT2D eigenvalue weighted by atomic mass is 9.95. The number of nitro benzene ring substituents is 1. The molecule has 3 heterocycles. The molecule has 0 unspecified atom stereocenters. The number of amides is 1. The fourth-order valence-electron chi connectivity index (χ4n) is 4.49. The number of hydrogen-bond donors (Lipinski definition) is 1. The van der Waals surface area contributed by atoms with Crippen molar-refractivity contribution in [2.75, 3.05) is 18.5 Å². The zero-order valence-corrected chi connectivity index (χ0v) is 21.7. The van der Waals surface area contributed by atoms with Gasteiger partial charge in [0.2, 0.25) is 0 Å². The van der Waals surface area contributed by atoms with Crippen molar-refractivity contribution in [3.8, 4) is 11.3 Å². The van der Waals surface area contributed by atoms with Gasteiger partial charge >= 0.3 is 5.97 Å². The van der Waals surface area contributed by atoms with Crippen LogP contribution in [0.15, 0.2) is 53.9 Å². The molecule has 0 spiro atoms. The molecule has 5 rings (SSSR count). The van der Waals surface area contributed by atoms with Crippen LogP contribution in [0.25, 0.3) is 22.2 Å². The maximum Gasteiger partial charge on any atom is 0.339 e. The predicted octanol–water partition coefficient (Wildman–Crippen LogP) is 4.83. The van der Waals surface area contributed by atoms with E-state index in [4.69, 9.17) is 9.72 Å². The first-order valence-corrected chi connectivity index (χ1v) is 13.0. The lowest BCUT2D eigenvalue weighted by Crippen LogP contribution is -2.37. The maximum absolute atomic E-state index is 13.3. The number of esters is 1. The van der Waals surface area contributed by atoms with Crippen molar-refractivity contribution in [2.45, 2.75) is 32.9 Å². The van der Waals surface area contributed by atoms with Crippen molar-refractivity contribution < 1.29 is 19.2 Å². The highest BCUT2D eigenvalue weighted by Crippen LogP contribution is 2.30. The SMILES string of the molecule is CC(C)N1CCc2nc3ccccc3c(C(=O)OCC(=O)Nc3nc(-c4cccc([N+](=O)[O-])c4)cs3)c2C1. The molecule has 0 aliphatic carbocycles. The Morgan fingerprint density at radius 1 is 1.18 bits per heavy atom. The van der Waals surface area contributed by atoms with Gasteiger partial charge in [0.1, 0.15) is 0 Å². The first-order chi connectivity index (χ1) is 18.3. The minimum atomic E-state index is -0.572. The highest BCUT2D eigenvalue weighted by molar-refractivity contribution is 7.14. The Balaban J connectivity index is 1.30. The Labute approximate surface area is 222 Å². The number of fused-ring (bicyclic) bond motifs is 2. The summed E-state index contributed by atoms with van der Waals surface area (Å²) >= 11 is 1.17. The average molecular weight is 532 g/mol. The number of anilines is 1. The summed E-state index contributed by atoms with van der Waals surface area (Å²) in [6.07, 6.45) is 0.732. The highest BCUT2D eigenvalue weighted by Gasteiger charge is 2.28. The van der Waals surface area contributed by atoms with Gasteiger partial charge in [-0.25, -0.2) is 9.78 Å². The van der Waals surface area contributed by atoms with Gasteiger partial charge in [-0.2, -0.15) is 0 Å². The van der Waals surface area contributed by atoms with Crippen molar-refractivity contribution in [2.24, 2.45) is 0 Å². The fourth-order valence-corrected chi connectivity index (χ4v) is 5.22. The molecule has 10 nitrogen and oxygen atoms in total. The third-order valence-electron chi connectivity index (χ3n) is 6.45. The first-order valence-electron chi connectivity index (χ1n) is 12.1. The molecular formula is C27H25N5O5S. The zero-order chi connectivity index (χ0) is 26.8. The summed E-state index contributed by atoms with van der Waals surface area (Å²) in [6.45, 7) is 5.19. The van der Waals surface area contributed by atoms with E-state index in [-0.39, 0.29) is 5.69 Å². The van der Waals surface area contributed by atoms with Crippen LogP contribution in [0.1, 0.15) is 35.5 Å². The van der Waals surface area contributed by atoms with Gasteiger partial charge in [-0.05, 0) is 19.9 Å². The van der Waals surface area contributed by atoms with E-state index in [9.17, 15) is 19.7 Å². The molecule has 194 valence electrons. The standard InChI is InChI=1S/C27H25N5O5S/c1-16(2)31-11-10-22-20(13-31)25(19-8-3-4-9-21(19)28-22)26(34)37-14-24(33)30-27-29-23(15-38-27)17-6-5-7-18(12-17)32(35)36/h3-9,12,15-16H,10-11,13-14H2,1-2H3,(H,29,30,33). The molecule has 0 bridgehead atoms. The smallest absolute Gasteiger partial charge is 0.339 e. The van der Waals surface area contributed by atoms with Gasteiger partial charge in [0, 0.05) is 65.3 Å². The number of nitro groups is 1. The lowest BCUT2D eigenvalue weighted by molar-refractivity contribution is -0.384. The highest BCUT2D eigenvalue weighted by atomic mass is 32.1. The number of non-ortho nitro benzene ring substituents is 1. The van der Waals surface area contributed by atoms with Crippen molar-refractivity contribution >= 4 is 44.9 Å². The van der Waals surface area contributed by atoms with Gasteiger partial charge in [0.25, 0.3) is 11.6 Å². The van der Waals surface area contributed by atoms with Gasteiger partial charge in [0.15, 0.2) is 11.7 Å². The number of aromatic nitrogens is 2. The Bertz CT molecular complexity index is 1550. The predicted molar refractivity (Wildman–Crippen MR) is 144 cm³/mol. The number of nitrogens with zero attached hydrogens (tertiary/aromatic N) is 4. The zero-order valence-electron chi connectivity index (χ0n) is 20.8. The van der Waals surface area contributed by atoms with E-state index >= 15 is 0 Å². The Morgan fingerprint density at radius 3 is 2.79 bits per heavy atom. The molecule has 1 amide bonds. The number of para-hydroxylation sites is 1. The molecular weight excluding hydrogens is 506 g/mol. The summed E-state index contributed by atoms with van der Waals surface area (Å²) in [5.41, 5.74) is 3.91. The molecule has 0 atom stereocenters. The Morgan fingerprint density at radius 2 is 2.00 bits per heavy atom. The van der Waals surface area contributed by atoms with Gasteiger partial charge in [-0.1, -0.05) is 30.3 Å². The second-order valence-electron chi connectivity index (χ2n) is 9.21. The van der Waals surface area contributed by atoms with Gasteiger partial charge in [-0.3, -0.25) is 30.1 Å². The van der Waals surface area contributed by atoms with Crippen LogP contribution in [0.2, 0.25) is 0 Å². The second kappa shape index (κ2) is 10.6. The third kappa shape index (κ3) is 5.24. The van der Waals surface area contributed by atoms with E-state index in [1.807, 2.05) is 24.3 Å². The number of benzene rings is 2. The van der Waals surface area contributed by atoms with Crippen LogP contribution in [0.3, 0.4) is 0 Å². The van der Waals surface area contributed by atoms with Crippen molar-refractivity contribution in [1.29, 1.82) is 0 Å². The summed E-state index contributed by atoms with van der Waals surface area (Å²) < 4.78 is 5.47. The van der Waals surface area contributed by atoms with Crippen LogP contribution in [0.5, 0.6) is 0 Å². The molecule has 1 aliphatic rings. The number of thiazole rings is 1. The molecule has 0 saturated carbocycles. The lowest BCUT2D eigenvalue weighted by Gasteiger charge is -2.32. The van der Waals surface area contributed by atoms with Crippen LogP contribution in [0.4, 0.5) is 10.8 Å². The number of pyridine rings is 1. The summed E-state index contributed by atoms with van der Waals surface area (Å²) in [5.74, 6) is -1.11. The Hall–Kier alpha value is -4.22. The van der Waals surface area contributed by atoms with Crippen molar-refractivity contribution in [1.82, 2.24) is 14.9 Å².